The van der Waals surface area contributed by atoms with Gasteiger partial charge in [-0.15, -0.1) is 0 Å². The van der Waals surface area contributed by atoms with Gasteiger partial charge in [0, 0.05) is 12.4 Å². The third kappa shape index (κ3) is 3.46. The van der Waals surface area contributed by atoms with Crippen LogP contribution in [0.5, 0.6) is 0 Å². The van der Waals surface area contributed by atoms with Crippen molar-refractivity contribution in [3.63, 3.8) is 0 Å². The lowest BCUT2D eigenvalue weighted by molar-refractivity contribution is 0.470. The molecule has 0 bridgehead atoms. The van der Waals surface area contributed by atoms with Crippen LogP contribution in [0.3, 0.4) is 0 Å². The molecule has 0 radical (unpaired) electrons. The van der Waals surface area contributed by atoms with E-state index in [-0.39, 0.29) is 0 Å². The molecule has 0 amide bonds. The number of benzene rings is 1. The van der Waals surface area contributed by atoms with Gasteiger partial charge in [0.25, 0.3) is 0 Å². The van der Waals surface area contributed by atoms with E-state index in [0.717, 1.165) is 24.8 Å². The molecule has 1 aliphatic rings. The van der Waals surface area contributed by atoms with Crippen LogP contribution in [0, 0.1) is 0 Å². The van der Waals surface area contributed by atoms with Crippen molar-refractivity contribution in [1.29, 1.82) is 0 Å². The van der Waals surface area contributed by atoms with Gasteiger partial charge in [-0.1, -0.05) is 12.1 Å². The van der Waals surface area contributed by atoms with Gasteiger partial charge < -0.3 is 0 Å². The number of pyridine rings is 1. The first-order valence-electron chi connectivity index (χ1n) is 7.95. The van der Waals surface area contributed by atoms with Crippen LogP contribution in [-0.2, 0) is 28.4 Å². The summed E-state index contributed by atoms with van der Waals surface area (Å²) in [5, 5.41) is 0. The second-order valence-corrected chi connectivity index (χ2v) is 8.29. The summed E-state index contributed by atoms with van der Waals surface area (Å²) in [6, 6.07) is 9.19. The average Bonchev–Trinajstić information content (AvgIpc) is 2.54. The molecule has 1 aliphatic carbocycles. The summed E-state index contributed by atoms with van der Waals surface area (Å²) in [6.45, 7) is 3.69. The number of aromatic nitrogens is 1. The first kappa shape index (κ1) is 16.1. The Hall–Kier alpha value is -1.72. The number of fused-ring (bicyclic) bond motifs is 1. The molecule has 5 heteroatoms. The number of hydrogen-bond acceptors (Lipinski definition) is 3. The fraction of sp³-hybridized carbons (Fsp3) is 0.389. The monoisotopic (exact) mass is 330 g/mol. The molecule has 0 saturated carbocycles. The maximum atomic E-state index is 12.8. The maximum absolute atomic E-state index is 12.8. The average molecular weight is 330 g/mol. The molecule has 4 nitrogen and oxygen atoms in total. The zero-order valence-corrected chi connectivity index (χ0v) is 14.4. The van der Waals surface area contributed by atoms with Gasteiger partial charge in [0.1, 0.15) is 0 Å². The van der Waals surface area contributed by atoms with Gasteiger partial charge in [-0.2, -0.15) is 0 Å². The van der Waals surface area contributed by atoms with Crippen molar-refractivity contribution in [3.05, 3.63) is 59.4 Å². The van der Waals surface area contributed by atoms with Gasteiger partial charge in [-0.05, 0) is 74.4 Å². The van der Waals surface area contributed by atoms with Crippen LogP contribution < -0.4 is 4.72 Å². The predicted octanol–water partition coefficient (Wildman–Crippen LogP) is 3.17. The minimum atomic E-state index is -3.58. The van der Waals surface area contributed by atoms with Gasteiger partial charge in [-0.25, -0.2) is 13.1 Å². The third-order valence-corrected chi connectivity index (χ3v) is 6.06. The minimum Gasteiger partial charge on any atom is -0.264 e. The van der Waals surface area contributed by atoms with Crippen LogP contribution >= 0.6 is 0 Å². The largest absolute Gasteiger partial charge is 0.264 e. The molecule has 3 rings (SSSR count). The molecule has 0 atom stereocenters. The van der Waals surface area contributed by atoms with Crippen molar-refractivity contribution in [1.82, 2.24) is 9.71 Å². The Kier molecular flexibility index (Phi) is 4.25. The maximum Gasteiger partial charge on any atom is 0.241 e. The summed E-state index contributed by atoms with van der Waals surface area (Å²) in [7, 11) is -3.58. The molecule has 2 aromatic rings. The van der Waals surface area contributed by atoms with Crippen molar-refractivity contribution in [2.45, 2.75) is 50.0 Å². The van der Waals surface area contributed by atoms with E-state index in [9.17, 15) is 8.42 Å². The Labute approximate surface area is 138 Å². The molecule has 122 valence electrons. The van der Waals surface area contributed by atoms with Gasteiger partial charge in [0.2, 0.25) is 10.0 Å². The Balaban J connectivity index is 1.90. The highest BCUT2D eigenvalue weighted by Crippen LogP contribution is 2.26. The first-order chi connectivity index (χ1) is 10.9. The molecular formula is C18H22N2O2S. The molecule has 0 spiro atoms. The van der Waals surface area contributed by atoms with Crippen molar-refractivity contribution < 1.29 is 8.42 Å². The van der Waals surface area contributed by atoms with Crippen LogP contribution in [0.2, 0.25) is 0 Å². The summed E-state index contributed by atoms with van der Waals surface area (Å²) in [6.07, 6.45) is 7.69. The fourth-order valence-electron chi connectivity index (χ4n) is 3.06. The fourth-order valence-corrected chi connectivity index (χ4v) is 4.52. The van der Waals surface area contributed by atoms with Crippen molar-refractivity contribution >= 4 is 10.0 Å². The van der Waals surface area contributed by atoms with Gasteiger partial charge in [0.05, 0.1) is 10.4 Å². The number of nitrogens with one attached hydrogen (secondary N) is 1. The second kappa shape index (κ2) is 6.06. The number of aryl methyl sites for hydroxylation is 2. The summed E-state index contributed by atoms with van der Waals surface area (Å²) in [4.78, 5) is 4.42. The summed E-state index contributed by atoms with van der Waals surface area (Å²) >= 11 is 0. The van der Waals surface area contributed by atoms with Gasteiger partial charge >= 0.3 is 0 Å². The molecule has 0 saturated heterocycles. The second-order valence-electron chi connectivity index (χ2n) is 6.61. The van der Waals surface area contributed by atoms with Crippen LogP contribution in [0.15, 0.2) is 47.6 Å². The van der Waals surface area contributed by atoms with Crippen LogP contribution in [0.1, 0.15) is 43.4 Å². The van der Waals surface area contributed by atoms with Gasteiger partial charge in [0.15, 0.2) is 0 Å². The molecule has 23 heavy (non-hydrogen) atoms. The van der Waals surface area contributed by atoms with Crippen molar-refractivity contribution in [2.75, 3.05) is 0 Å². The highest BCUT2D eigenvalue weighted by atomic mass is 32.2. The predicted molar refractivity (Wildman–Crippen MR) is 90.7 cm³/mol. The first-order valence-corrected chi connectivity index (χ1v) is 9.43. The van der Waals surface area contributed by atoms with E-state index < -0.39 is 15.6 Å². The van der Waals surface area contributed by atoms with E-state index in [1.807, 2.05) is 38.1 Å². The summed E-state index contributed by atoms with van der Waals surface area (Å²) < 4.78 is 28.4. The number of nitrogens with zero attached hydrogens (tertiary/aromatic N) is 1. The Morgan fingerprint density at radius 1 is 1.09 bits per heavy atom. The van der Waals surface area contributed by atoms with Crippen LogP contribution in [0.4, 0.5) is 0 Å². The lowest BCUT2D eigenvalue weighted by Gasteiger charge is -2.26. The smallest absolute Gasteiger partial charge is 0.241 e. The van der Waals surface area contributed by atoms with Crippen LogP contribution in [0.25, 0.3) is 0 Å². The van der Waals surface area contributed by atoms with E-state index in [4.69, 9.17) is 0 Å². The Bertz CT molecular complexity index is 799. The lowest BCUT2D eigenvalue weighted by Crippen LogP contribution is -2.41. The van der Waals surface area contributed by atoms with E-state index in [1.165, 1.54) is 17.5 Å². The molecule has 0 fully saturated rings. The van der Waals surface area contributed by atoms with E-state index in [0.29, 0.717) is 4.90 Å². The number of hydrogen-bond donors (Lipinski definition) is 1. The van der Waals surface area contributed by atoms with E-state index in [1.54, 1.807) is 18.5 Å². The summed E-state index contributed by atoms with van der Waals surface area (Å²) in [5.74, 6) is 0. The molecule has 1 N–H and O–H groups in total. The quantitative estimate of drug-likeness (QED) is 0.937. The zero-order chi connectivity index (χ0) is 16.5. The SMILES string of the molecule is CC(C)(NS(=O)(=O)c1ccc2c(c1)CCCC2)c1cccnc1. The highest BCUT2D eigenvalue weighted by Gasteiger charge is 2.28. The molecule has 0 aliphatic heterocycles. The van der Waals surface area contributed by atoms with Crippen LogP contribution in [-0.4, -0.2) is 13.4 Å². The molecule has 1 aromatic carbocycles. The van der Waals surface area contributed by atoms with Gasteiger partial charge in [-0.3, -0.25) is 4.98 Å². The topological polar surface area (TPSA) is 59.1 Å². The summed E-state index contributed by atoms with van der Waals surface area (Å²) in [5.41, 5.74) is 2.56. The molecule has 1 heterocycles. The zero-order valence-electron chi connectivity index (χ0n) is 13.5. The lowest BCUT2D eigenvalue weighted by atomic mass is 9.92. The highest BCUT2D eigenvalue weighted by molar-refractivity contribution is 7.89. The molecule has 0 unspecified atom stereocenters. The van der Waals surface area contributed by atoms with E-state index in [2.05, 4.69) is 9.71 Å². The standard InChI is InChI=1S/C18H22N2O2S/c1-18(2,16-8-5-11-19-13-16)20-23(21,22)17-10-9-14-6-3-4-7-15(14)12-17/h5,8-13,20H,3-4,6-7H2,1-2H3. The minimum absolute atomic E-state index is 0.343. The van der Waals surface area contributed by atoms with Crippen molar-refractivity contribution in [3.8, 4) is 0 Å². The third-order valence-electron chi connectivity index (χ3n) is 4.40. The molecule has 1 aromatic heterocycles. The Morgan fingerprint density at radius 2 is 1.83 bits per heavy atom. The number of rotatable bonds is 4. The normalized spacial score (nSPS) is 15.2. The number of sulfonamides is 1. The Morgan fingerprint density at radius 3 is 2.52 bits per heavy atom. The van der Waals surface area contributed by atoms with E-state index >= 15 is 0 Å². The van der Waals surface area contributed by atoms with Crippen molar-refractivity contribution in [2.24, 2.45) is 0 Å². The molecular weight excluding hydrogens is 308 g/mol.